The third-order valence-corrected chi connectivity index (χ3v) is 3.10. The smallest absolute Gasteiger partial charge is 0.0292 e. The monoisotopic (exact) mass is 209 g/mol. The third kappa shape index (κ3) is 4.16. The summed E-state index contributed by atoms with van der Waals surface area (Å²) in [6.45, 7) is 5.51. The average Bonchev–Trinajstić information content (AvgIpc) is 2.25. The number of nitrogens with one attached hydrogen (secondary N) is 1. The van der Waals surface area contributed by atoms with Crippen molar-refractivity contribution in [2.45, 2.75) is 19.9 Å². The molecule has 1 atom stereocenters. The standard InChI is InChI=1S/C12H19NS/c1-3-14-10-9-13-11(2)12-7-5-4-6-8-12/h4-8,11,13H,3,9-10H2,1-2H3. The van der Waals surface area contributed by atoms with Crippen molar-refractivity contribution in [3.63, 3.8) is 0 Å². The lowest BCUT2D eigenvalue weighted by atomic mass is 10.1. The van der Waals surface area contributed by atoms with Gasteiger partial charge in [0.25, 0.3) is 0 Å². The van der Waals surface area contributed by atoms with Crippen molar-refractivity contribution >= 4 is 11.8 Å². The molecular weight excluding hydrogens is 190 g/mol. The highest BCUT2D eigenvalue weighted by Crippen LogP contribution is 2.10. The fourth-order valence-corrected chi connectivity index (χ4v) is 1.90. The highest BCUT2D eigenvalue weighted by Gasteiger charge is 2.01. The lowest BCUT2D eigenvalue weighted by molar-refractivity contribution is 0.601. The van der Waals surface area contributed by atoms with Crippen LogP contribution in [0.3, 0.4) is 0 Å². The molecule has 1 rings (SSSR count). The molecule has 0 radical (unpaired) electrons. The van der Waals surface area contributed by atoms with E-state index in [1.807, 2.05) is 11.8 Å². The highest BCUT2D eigenvalue weighted by molar-refractivity contribution is 7.99. The summed E-state index contributed by atoms with van der Waals surface area (Å²) in [4.78, 5) is 0. The van der Waals surface area contributed by atoms with Gasteiger partial charge < -0.3 is 5.32 Å². The van der Waals surface area contributed by atoms with E-state index >= 15 is 0 Å². The molecule has 14 heavy (non-hydrogen) atoms. The minimum atomic E-state index is 0.466. The van der Waals surface area contributed by atoms with E-state index < -0.39 is 0 Å². The number of thioether (sulfide) groups is 1. The maximum absolute atomic E-state index is 3.51. The van der Waals surface area contributed by atoms with Crippen LogP contribution in [0.5, 0.6) is 0 Å². The van der Waals surface area contributed by atoms with Crippen molar-refractivity contribution < 1.29 is 0 Å². The normalized spacial score (nSPS) is 12.7. The predicted octanol–water partition coefficient (Wildman–Crippen LogP) is 3.09. The fraction of sp³-hybridized carbons (Fsp3) is 0.500. The summed E-state index contributed by atoms with van der Waals surface area (Å²) < 4.78 is 0. The molecule has 1 aromatic carbocycles. The zero-order valence-corrected chi connectivity index (χ0v) is 9.81. The Hall–Kier alpha value is -0.470. The molecule has 0 amide bonds. The Morgan fingerprint density at radius 3 is 2.64 bits per heavy atom. The molecule has 0 saturated heterocycles. The molecule has 0 aromatic heterocycles. The molecule has 1 N–H and O–H groups in total. The summed E-state index contributed by atoms with van der Waals surface area (Å²) >= 11 is 1.98. The molecule has 1 unspecified atom stereocenters. The molecule has 2 heteroatoms. The van der Waals surface area contributed by atoms with Gasteiger partial charge in [-0.1, -0.05) is 37.3 Å². The lowest BCUT2D eigenvalue weighted by Crippen LogP contribution is -2.21. The van der Waals surface area contributed by atoms with Gasteiger partial charge in [-0.25, -0.2) is 0 Å². The maximum atomic E-state index is 3.51. The second-order valence-electron chi connectivity index (χ2n) is 3.28. The Labute approximate surface area is 91.3 Å². The Balaban J connectivity index is 2.25. The average molecular weight is 209 g/mol. The van der Waals surface area contributed by atoms with Crippen LogP contribution in [0.1, 0.15) is 25.5 Å². The summed E-state index contributed by atoms with van der Waals surface area (Å²) in [7, 11) is 0. The van der Waals surface area contributed by atoms with Gasteiger partial charge in [-0.2, -0.15) is 11.8 Å². The first-order valence-corrected chi connectivity index (χ1v) is 6.36. The van der Waals surface area contributed by atoms with E-state index in [0.717, 1.165) is 6.54 Å². The van der Waals surface area contributed by atoms with Crippen molar-refractivity contribution in [1.82, 2.24) is 5.32 Å². The fourth-order valence-electron chi connectivity index (χ4n) is 1.35. The molecule has 0 spiro atoms. The van der Waals surface area contributed by atoms with E-state index in [4.69, 9.17) is 0 Å². The Kier molecular flexibility index (Phi) is 5.72. The van der Waals surface area contributed by atoms with Crippen molar-refractivity contribution in [2.24, 2.45) is 0 Å². The zero-order chi connectivity index (χ0) is 10.2. The van der Waals surface area contributed by atoms with Crippen LogP contribution in [0.4, 0.5) is 0 Å². The van der Waals surface area contributed by atoms with E-state index in [9.17, 15) is 0 Å². The largest absolute Gasteiger partial charge is 0.309 e. The quantitative estimate of drug-likeness (QED) is 0.723. The van der Waals surface area contributed by atoms with E-state index in [1.165, 1.54) is 17.1 Å². The summed E-state index contributed by atoms with van der Waals surface area (Å²) in [6.07, 6.45) is 0. The van der Waals surface area contributed by atoms with Gasteiger partial charge in [0.1, 0.15) is 0 Å². The third-order valence-electron chi connectivity index (χ3n) is 2.20. The maximum Gasteiger partial charge on any atom is 0.0292 e. The minimum Gasteiger partial charge on any atom is -0.309 e. The van der Waals surface area contributed by atoms with Crippen LogP contribution >= 0.6 is 11.8 Å². The Bertz CT molecular complexity index is 235. The Morgan fingerprint density at radius 1 is 1.29 bits per heavy atom. The van der Waals surface area contributed by atoms with Crippen LogP contribution in [0, 0.1) is 0 Å². The van der Waals surface area contributed by atoms with Gasteiger partial charge in [0.15, 0.2) is 0 Å². The second kappa shape index (κ2) is 6.91. The van der Waals surface area contributed by atoms with Crippen molar-refractivity contribution in [2.75, 3.05) is 18.1 Å². The van der Waals surface area contributed by atoms with Crippen LogP contribution in [0.2, 0.25) is 0 Å². The highest BCUT2D eigenvalue weighted by atomic mass is 32.2. The van der Waals surface area contributed by atoms with Crippen LogP contribution in [-0.2, 0) is 0 Å². The van der Waals surface area contributed by atoms with Crippen LogP contribution in [-0.4, -0.2) is 18.1 Å². The number of hydrogen-bond acceptors (Lipinski definition) is 2. The molecule has 0 aliphatic heterocycles. The molecule has 1 aromatic rings. The first-order chi connectivity index (χ1) is 6.84. The Morgan fingerprint density at radius 2 is 2.00 bits per heavy atom. The van der Waals surface area contributed by atoms with E-state index in [-0.39, 0.29) is 0 Å². The SMILES string of the molecule is CCSCCNC(C)c1ccccc1. The van der Waals surface area contributed by atoms with Gasteiger partial charge >= 0.3 is 0 Å². The van der Waals surface area contributed by atoms with Gasteiger partial charge in [0.2, 0.25) is 0 Å². The van der Waals surface area contributed by atoms with E-state index in [1.54, 1.807) is 0 Å². The molecular formula is C12H19NS. The zero-order valence-electron chi connectivity index (χ0n) is 8.99. The van der Waals surface area contributed by atoms with E-state index in [2.05, 4.69) is 49.5 Å². The van der Waals surface area contributed by atoms with Crippen LogP contribution in [0.25, 0.3) is 0 Å². The lowest BCUT2D eigenvalue weighted by Gasteiger charge is -2.13. The number of benzene rings is 1. The topological polar surface area (TPSA) is 12.0 Å². The van der Waals surface area contributed by atoms with Gasteiger partial charge in [-0.3, -0.25) is 0 Å². The number of hydrogen-bond donors (Lipinski definition) is 1. The van der Waals surface area contributed by atoms with Gasteiger partial charge in [-0.15, -0.1) is 0 Å². The molecule has 1 nitrogen and oxygen atoms in total. The molecule has 78 valence electrons. The number of rotatable bonds is 6. The summed E-state index contributed by atoms with van der Waals surface area (Å²) in [5, 5.41) is 3.51. The van der Waals surface area contributed by atoms with Gasteiger partial charge in [-0.05, 0) is 18.2 Å². The predicted molar refractivity (Wildman–Crippen MR) is 65.9 cm³/mol. The minimum absolute atomic E-state index is 0.466. The molecule has 0 aliphatic carbocycles. The molecule has 0 fully saturated rings. The van der Waals surface area contributed by atoms with Crippen LogP contribution < -0.4 is 5.32 Å². The van der Waals surface area contributed by atoms with Crippen LogP contribution in [0.15, 0.2) is 30.3 Å². The molecule has 0 bridgehead atoms. The summed E-state index contributed by atoms with van der Waals surface area (Å²) in [5.41, 5.74) is 1.37. The van der Waals surface area contributed by atoms with Gasteiger partial charge in [0, 0.05) is 18.3 Å². The van der Waals surface area contributed by atoms with Crippen molar-refractivity contribution in [3.8, 4) is 0 Å². The first-order valence-electron chi connectivity index (χ1n) is 5.20. The summed E-state index contributed by atoms with van der Waals surface area (Å²) in [6, 6.07) is 11.1. The summed E-state index contributed by atoms with van der Waals surface area (Å²) in [5.74, 6) is 2.41. The van der Waals surface area contributed by atoms with E-state index in [0.29, 0.717) is 6.04 Å². The van der Waals surface area contributed by atoms with Crippen molar-refractivity contribution in [3.05, 3.63) is 35.9 Å². The molecule has 0 heterocycles. The van der Waals surface area contributed by atoms with Gasteiger partial charge in [0.05, 0.1) is 0 Å². The molecule has 0 saturated carbocycles. The second-order valence-corrected chi connectivity index (χ2v) is 4.68. The first kappa shape index (κ1) is 11.6. The molecule has 0 aliphatic rings. The van der Waals surface area contributed by atoms with Crippen molar-refractivity contribution in [1.29, 1.82) is 0 Å².